The maximum Gasteiger partial charge on any atom is 0.335 e. The lowest BCUT2D eigenvalue weighted by Crippen LogP contribution is -2.24. The molecule has 4 nitrogen and oxygen atoms in total. The maximum atomic E-state index is 11.2. The van der Waals surface area contributed by atoms with Crippen LogP contribution in [0.2, 0.25) is 0 Å². The predicted octanol–water partition coefficient (Wildman–Crippen LogP) is 2.99. The van der Waals surface area contributed by atoms with E-state index < -0.39 is 5.97 Å². The van der Waals surface area contributed by atoms with Gasteiger partial charge in [-0.1, -0.05) is 12.1 Å². The smallest absolute Gasteiger partial charge is 0.335 e. The summed E-state index contributed by atoms with van der Waals surface area (Å²) in [6.45, 7) is 1.66. The van der Waals surface area contributed by atoms with Gasteiger partial charge in [0, 0.05) is 25.5 Å². The van der Waals surface area contributed by atoms with E-state index in [1.807, 2.05) is 24.4 Å². The number of benzene rings is 1. The molecule has 0 bridgehead atoms. The van der Waals surface area contributed by atoms with Gasteiger partial charge < -0.3 is 10.4 Å². The van der Waals surface area contributed by atoms with Gasteiger partial charge >= 0.3 is 5.97 Å². The van der Waals surface area contributed by atoms with Crippen molar-refractivity contribution in [2.24, 2.45) is 0 Å². The van der Waals surface area contributed by atoms with Crippen molar-refractivity contribution in [2.75, 3.05) is 6.54 Å². The van der Waals surface area contributed by atoms with Crippen LogP contribution in [0.4, 0.5) is 0 Å². The van der Waals surface area contributed by atoms with Crippen molar-refractivity contribution < 1.29 is 9.90 Å². The molecule has 3 rings (SSSR count). The first kappa shape index (κ1) is 14.7. The van der Waals surface area contributed by atoms with E-state index in [0.29, 0.717) is 11.5 Å². The fourth-order valence-electron chi connectivity index (χ4n) is 3.14. The van der Waals surface area contributed by atoms with Crippen molar-refractivity contribution in [1.82, 2.24) is 10.3 Å². The van der Waals surface area contributed by atoms with Crippen LogP contribution < -0.4 is 5.32 Å². The lowest BCUT2D eigenvalue weighted by molar-refractivity contribution is 0.0696. The second-order valence-corrected chi connectivity index (χ2v) is 5.80. The molecular weight excluding hydrogens is 276 g/mol. The topological polar surface area (TPSA) is 62.2 Å². The van der Waals surface area contributed by atoms with Crippen molar-refractivity contribution in [3.05, 3.63) is 65.0 Å². The Balaban J connectivity index is 1.68. The van der Waals surface area contributed by atoms with Gasteiger partial charge in [0.1, 0.15) is 0 Å². The third kappa shape index (κ3) is 3.34. The second-order valence-electron chi connectivity index (χ2n) is 5.80. The van der Waals surface area contributed by atoms with E-state index in [1.54, 1.807) is 12.3 Å². The van der Waals surface area contributed by atoms with E-state index in [0.717, 1.165) is 31.5 Å². The molecule has 4 heteroatoms. The first-order valence-corrected chi connectivity index (χ1v) is 7.70. The number of hydrogen-bond acceptors (Lipinski definition) is 3. The Morgan fingerprint density at radius 1 is 1.36 bits per heavy atom. The van der Waals surface area contributed by atoms with Crippen LogP contribution in [0.5, 0.6) is 0 Å². The summed E-state index contributed by atoms with van der Waals surface area (Å²) >= 11 is 0. The molecule has 0 saturated heterocycles. The van der Waals surface area contributed by atoms with Crippen LogP contribution in [0.25, 0.3) is 0 Å². The summed E-state index contributed by atoms with van der Waals surface area (Å²) in [4.78, 5) is 15.3. The zero-order chi connectivity index (χ0) is 15.4. The minimum atomic E-state index is -0.851. The molecule has 2 N–H and O–H groups in total. The SMILES string of the molecule is O=C(O)c1ccc2c(c1)C(CNCc1cccnc1)CCC2. The first-order valence-electron chi connectivity index (χ1n) is 7.70. The van der Waals surface area contributed by atoms with Crippen LogP contribution in [0.1, 0.15) is 45.8 Å². The molecule has 1 aromatic carbocycles. The third-order valence-corrected chi connectivity index (χ3v) is 4.27. The number of fused-ring (bicyclic) bond motifs is 1. The molecule has 1 aliphatic carbocycles. The Hall–Kier alpha value is -2.20. The monoisotopic (exact) mass is 296 g/mol. The summed E-state index contributed by atoms with van der Waals surface area (Å²) < 4.78 is 0. The number of aromatic nitrogens is 1. The average Bonchev–Trinajstić information content (AvgIpc) is 2.55. The molecule has 1 unspecified atom stereocenters. The molecule has 2 aromatic rings. The number of aryl methyl sites for hydroxylation is 1. The Kier molecular flexibility index (Phi) is 4.49. The van der Waals surface area contributed by atoms with Gasteiger partial charge in [0.15, 0.2) is 0 Å². The largest absolute Gasteiger partial charge is 0.478 e. The Bertz CT molecular complexity index is 655. The van der Waals surface area contributed by atoms with Crippen LogP contribution in [0.15, 0.2) is 42.7 Å². The summed E-state index contributed by atoms with van der Waals surface area (Å²) in [5.41, 5.74) is 4.05. The van der Waals surface area contributed by atoms with Gasteiger partial charge in [-0.25, -0.2) is 4.79 Å². The van der Waals surface area contributed by atoms with Crippen molar-refractivity contribution in [1.29, 1.82) is 0 Å². The van der Waals surface area contributed by atoms with E-state index >= 15 is 0 Å². The van der Waals surface area contributed by atoms with Crippen molar-refractivity contribution in [2.45, 2.75) is 31.7 Å². The molecule has 1 heterocycles. The first-order chi connectivity index (χ1) is 10.7. The van der Waals surface area contributed by atoms with Gasteiger partial charge in [-0.2, -0.15) is 0 Å². The highest BCUT2D eigenvalue weighted by molar-refractivity contribution is 5.88. The molecular formula is C18H20N2O2. The number of carbonyl (C=O) groups is 1. The number of aromatic carboxylic acids is 1. The molecule has 1 aromatic heterocycles. The number of nitrogens with zero attached hydrogens (tertiary/aromatic N) is 1. The minimum Gasteiger partial charge on any atom is -0.478 e. The molecule has 114 valence electrons. The molecule has 22 heavy (non-hydrogen) atoms. The number of rotatable bonds is 5. The lowest BCUT2D eigenvalue weighted by Gasteiger charge is -2.26. The molecule has 0 radical (unpaired) electrons. The number of carboxylic acids is 1. The Morgan fingerprint density at radius 3 is 3.05 bits per heavy atom. The van der Waals surface area contributed by atoms with Gasteiger partial charge in [-0.05, 0) is 60.1 Å². The highest BCUT2D eigenvalue weighted by atomic mass is 16.4. The van der Waals surface area contributed by atoms with Gasteiger partial charge in [-0.3, -0.25) is 4.98 Å². The molecule has 0 amide bonds. The number of hydrogen-bond donors (Lipinski definition) is 2. The summed E-state index contributed by atoms with van der Waals surface area (Å²) in [6, 6.07) is 9.54. The zero-order valence-electron chi connectivity index (χ0n) is 12.5. The van der Waals surface area contributed by atoms with Gasteiger partial charge in [0.05, 0.1) is 5.56 Å². The van der Waals surface area contributed by atoms with Crippen LogP contribution >= 0.6 is 0 Å². The van der Waals surface area contributed by atoms with E-state index in [1.165, 1.54) is 17.5 Å². The highest BCUT2D eigenvalue weighted by Crippen LogP contribution is 2.32. The normalized spacial score (nSPS) is 17.0. The minimum absolute atomic E-state index is 0.387. The highest BCUT2D eigenvalue weighted by Gasteiger charge is 2.21. The summed E-state index contributed by atoms with van der Waals surface area (Å²) in [5, 5.41) is 12.6. The number of carboxylic acid groups (broad SMARTS) is 1. The average molecular weight is 296 g/mol. The van der Waals surface area contributed by atoms with Gasteiger partial charge in [0.25, 0.3) is 0 Å². The fourth-order valence-corrected chi connectivity index (χ4v) is 3.14. The summed E-state index contributed by atoms with van der Waals surface area (Å²) in [6.07, 6.45) is 6.96. The number of nitrogens with one attached hydrogen (secondary N) is 1. The van der Waals surface area contributed by atoms with Crippen LogP contribution in [0.3, 0.4) is 0 Å². The van der Waals surface area contributed by atoms with Crippen LogP contribution in [-0.4, -0.2) is 22.6 Å². The van der Waals surface area contributed by atoms with Crippen LogP contribution in [-0.2, 0) is 13.0 Å². The van der Waals surface area contributed by atoms with Gasteiger partial charge in [-0.15, -0.1) is 0 Å². The van der Waals surface area contributed by atoms with Crippen molar-refractivity contribution in [3.63, 3.8) is 0 Å². The number of pyridine rings is 1. The van der Waals surface area contributed by atoms with E-state index in [9.17, 15) is 9.90 Å². The van der Waals surface area contributed by atoms with Crippen molar-refractivity contribution >= 4 is 5.97 Å². The maximum absolute atomic E-state index is 11.2. The predicted molar refractivity (Wildman–Crippen MR) is 85.0 cm³/mol. The van der Waals surface area contributed by atoms with E-state index in [4.69, 9.17) is 0 Å². The van der Waals surface area contributed by atoms with Crippen molar-refractivity contribution in [3.8, 4) is 0 Å². The zero-order valence-corrected chi connectivity index (χ0v) is 12.5. The molecule has 0 fully saturated rings. The summed E-state index contributed by atoms with van der Waals surface area (Å²) in [7, 11) is 0. The van der Waals surface area contributed by atoms with E-state index in [-0.39, 0.29) is 0 Å². The third-order valence-electron chi connectivity index (χ3n) is 4.27. The molecule has 1 aliphatic rings. The van der Waals surface area contributed by atoms with Crippen LogP contribution in [0, 0.1) is 0 Å². The quantitative estimate of drug-likeness (QED) is 0.890. The molecule has 1 atom stereocenters. The lowest BCUT2D eigenvalue weighted by atomic mass is 9.82. The van der Waals surface area contributed by atoms with E-state index in [2.05, 4.69) is 16.4 Å². The summed E-state index contributed by atoms with van der Waals surface area (Å²) in [5.74, 6) is -0.463. The standard InChI is InChI=1S/C18H20N2O2/c21-18(22)15-7-6-14-4-1-5-16(17(14)9-15)12-20-11-13-3-2-8-19-10-13/h2-3,6-10,16,20H,1,4-5,11-12H2,(H,21,22). The molecule has 0 saturated carbocycles. The second kappa shape index (κ2) is 6.71. The Labute approximate surface area is 130 Å². The molecule has 0 aliphatic heterocycles. The molecule has 0 spiro atoms. The van der Waals surface area contributed by atoms with Gasteiger partial charge in [0.2, 0.25) is 0 Å². The fraction of sp³-hybridized carbons (Fsp3) is 0.333. The Morgan fingerprint density at radius 2 is 2.27 bits per heavy atom.